The molecule has 0 bridgehead atoms. The number of hydrogen-bond acceptors (Lipinski definition) is 4. The van der Waals surface area contributed by atoms with Gasteiger partial charge in [0.1, 0.15) is 0 Å². The summed E-state index contributed by atoms with van der Waals surface area (Å²) in [6.07, 6.45) is 3.07. The van der Waals surface area contributed by atoms with Crippen molar-refractivity contribution in [3.63, 3.8) is 0 Å². The van der Waals surface area contributed by atoms with Crippen LogP contribution in [-0.4, -0.2) is 50.9 Å². The SMILES string of the molecule is CCOB(OC)c1ccc(C2CCN(C)C2)nc1. The maximum absolute atomic E-state index is 5.49. The predicted octanol–water partition coefficient (Wildman–Crippen LogP) is 0.879. The summed E-state index contributed by atoms with van der Waals surface area (Å²) < 4.78 is 10.8. The van der Waals surface area contributed by atoms with Gasteiger partial charge in [-0.3, -0.25) is 4.98 Å². The van der Waals surface area contributed by atoms with Crippen LogP contribution >= 0.6 is 0 Å². The minimum atomic E-state index is -0.303. The van der Waals surface area contributed by atoms with Crippen molar-refractivity contribution >= 4 is 12.6 Å². The molecule has 0 N–H and O–H groups in total. The molecule has 0 aliphatic carbocycles. The quantitative estimate of drug-likeness (QED) is 0.724. The smallest absolute Gasteiger partial charge is 0.410 e. The van der Waals surface area contributed by atoms with E-state index in [-0.39, 0.29) is 7.12 Å². The van der Waals surface area contributed by atoms with E-state index >= 15 is 0 Å². The summed E-state index contributed by atoms with van der Waals surface area (Å²) in [6, 6.07) is 4.16. The first-order valence-electron chi connectivity index (χ1n) is 6.53. The van der Waals surface area contributed by atoms with Gasteiger partial charge in [0.2, 0.25) is 0 Å². The van der Waals surface area contributed by atoms with Gasteiger partial charge in [0, 0.05) is 43.5 Å². The van der Waals surface area contributed by atoms with E-state index in [2.05, 4.69) is 29.1 Å². The van der Waals surface area contributed by atoms with Gasteiger partial charge in [-0.25, -0.2) is 0 Å². The second-order valence-electron chi connectivity index (χ2n) is 4.79. The van der Waals surface area contributed by atoms with Crippen LogP contribution < -0.4 is 5.46 Å². The zero-order valence-electron chi connectivity index (χ0n) is 11.4. The molecule has 1 atom stereocenters. The third-order valence-corrected chi connectivity index (χ3v) is 3.42. The lowest BCUT2D eigenvalue weighted by Crippen LogP contribution is -2.36. The van der Waals surface area contributed by atoms with Crippen LogP contribution in [0.5, 0.6) is 0 Å². The maximum atomic E-state index is 5.49. The van der Waals surface area contributed by atoms with Gasteiger partial charge in [-0.1, -0.05) is 6.07 Å². The van der Waals surface area contributed by atoms with Gasteiger partial charge in [-0.2, -0.15) is 0 Å². The fraction of sp³-hybridized carbons (Fsp3) is 0.615. The molecule has 2 heterocycles. The van der Waals surface area contributed by atoms with Crippen molar-refractivity contribution in [1.29, 1.82) is 0 Å². The fourth-order valence-electron chi connectivity index (χ4n) is 2.43. The fourth-order valence-corrected chi connectivity index (χ4v) is 2.43. The van der Waals surface area contributed by atoms with E-state index in [4.69, 9.17) is 9.31 Å². The number of likely N-dealkylation sites (tertiary alicyclic amines) is 1. The van der Waals surface area contributed by atoms with E-state index in [1.807, 2.05) is 13.1 Å². The third kappa shape index (κ3) is 3.10. The molecule has 1 unspecified atom stereocenters. The first kappa shape index (κ1) is 13.5. The van der Waals surface area contributed by atoms with Crippen molar-refractivity contribution in [2.45, 2.75) is 19.3 Å². The second kappa shape index (κ2) is 6.32. The molecule has 5 heteroatoms. The van der Waals surface area contributed by atoms with E-state index in [1.165, 1.54) is 12.1 Å². The molecule has 18 heavy (non-hydrogen) atoms. The van der Waals surface area contributed by atoms with Crippen molar-refractivity contribution in [1.82, 2.24) is 9.88 Å². The standard InChI is InChI=1S/C13H21BN2O2/c1-4-18-14(17-3)12-5-6-13(15-9-12)11-7-8-16(2)10-11/h5-6,9,11H,4,7-8,10H2,1-3H3. The molecule has 1 fully saturated rings. The van der Waals surface area contributed by atoms with Gasteiger partial charge < -0.3 is 14.2 Å². The number of aromatic nitrogens is 1. The first-order valence-corrected chi connectivity index (χ1v) is 6.53. The zero-order valence-corrected chi connectivity index (χ0v) is 11.4. The molecule has 0 saturated carbocycles. The molecule has 0 radical (unpaired) electrons. The van der Waals surface area contributed by atoms with Gasteiger partial charge in [0.05, 0.1) is 0 Å². The zero-order chi connectivity index (χ0) is 13.0. The molecule has 1 aromatic rings. The number of nitrogens with zero attached hydrogens (tertiary/aromatic N) is 2. The Kier molecular flexibility index (Phi) is 4.75. The summed E-state index contributed by atoms with van der Waals surface area (Å²) in [5, 5.41) is 0. The Morgan fingerprint density at radius 3 is 2.83 bits per heavy atom. The van der Waals surface area contributed by atoms with Crippen LogP contribution in [0.15, 0.2) is 18.3 Å². The molecule has 0 aromatic carbocycles. The van der Waals surface area contributed by atoms with E-state index in [1.54, 1.807) is 7.11 Å². The molecule has 1 saturated heterocycles. The molecular formula is C13H21BN2O2. The molecular weight excluding hydrogens is 227 g/mol. The van der Waals surface area contributed by atoms with Crippen molar-refractivity contribution in [3.05, 3.63) is 24.0 Å². The van der Waals surface area contributed by atoms with E-state index in [0.29, 0.717) is 12.5 Å². The predicted molar refractivity (Wildman–Crippen MR) is 73.1 cm³/mol. The highest BCUT2D eigenvalue weighted by atomic mass is 16.6. The molecule has 0 spiro atoms. The highest BCUT2D eigenvalue weighted by molar-refractivity contribution is 6.61. The summed E-state index contributed by atoms with van der Waals surface area (Å²) in [7, 11) is 3.51. The lowest BCUT2D eigenvalue weighted by Gasteiger charge is -2.13. The highest BCUT2D eigenvalue weighted by Gasteiger charge is 2.24. The summed E-state index contributed by atoms with van der Waals surface area (Å²) in [6.45, 7) is 4.86. The van der Waals surface area contributed by atoms with Crippen LogP contribution in [0.25, 0.3) is 0 Å². The Morgan fingerprint density at radius 2 is 2.33 bits per heavy atom. The molecule has 98 valence electrons. The van der Waals surface area contributed by atoms with E-state index in [9.17, 15) is 0 Å². The van der Waals surface area contributed by atoms with Crippen molar-refractivity contribution in [2.75, 3.05) is 33.9 Å². The Labute approximate surface area is 109 Å². The number of pyridine rings is 1. The van der Waals surface area contributed by atoms with E-state index < -0.39 is 0 Å². The summed E-state index contributed by atoms with van der Waals surface area (Å²) in [5.41, 5.74) is 2.16. The molecule has 2 rings (SSSR count). The van der Waals surface area contributed by atoms with Crippen molar-refractivity contribution < 1.29 is 9.31 Å². The summed E-state index contributed by atoms with van der Waals surface area (Å²) in [5.74, 6) is 0.567. The second-order valence-corrected chi connectivity index (χ2v) is 4.79. The van der Waals surface area contributed by atoms with Gasteiger partial charge >= 0.3 is 7.12 Å². The molecule has 4 nitrogen and oxygen atoms in total. The summed E-state index contributed by atoms with van der Waals surface area (Å²) >= 11 is 0. The van der Waals surface area contributed by atoms with Gasteiger partial charge in [-0.15, -0.1) is 0 Å². The average Bonchev–Trinajstić information content (AvgIpc) is 2.83. The third-order valence-electron chi connectivity index (χ3n) is 3.42. The van der Waals surface area contributed by atoms with Crippen molar-refractivity contribution in [3.8, 4) is 0 Å². The van der Waals surface area contributed by atoms with Crippen LogP contribution in [0.4, 0.5) is 0 Å². The summed E-state index contributed by atoms with van der Waals surface area (Å²) in [4.78, 5) is 6.91. The lowest BCUT2D eigenvalue weighted by molar-refractivity contribution is 0.253. The van der Waals surface area contributed by atoms with Crippen LogP contribution in [0, 0.1) is 0 Å². The molecule has 1 aliphatic heterocycles. The Bertz CT molecular complexity index is 349. The van der Waals surface area contributed by atoms with Crippen LogP contribution in [-0.2, 0) is 9.31 Å². The molecule has 1 aliphatic rings. The minimum absolute atomic E-state index is 0.303. The topological polar surface area (TPSA) is 34.6 Å². The molecule has 0 amide bonds. The Balaban J connectivity index is 2.04. The minimum Gasteiger partial charge on any atom is -0.410 e. The maximum Gasteiger partial charge on any atom is 0.495 e. The van der Waals surface area contributed by atoms with Crippen LogP contribution in [0.3, 0.4) is 0 Å². The van der Waals surface area contributed by atoms with Crippen molar-refractivity contribution in [2.24, 2.45) is 0 Å². The number of rotatable bonds is 5. The largest absolute Gasteiger partial charge is 0.495 e. The highest BCUT2D eigenvalue weighted by Crippen LogP contribution is 2.23. The lowest BCUT2D eigenvalue weighted by atomic mass is 9.80. The normalized spacial score (nSPS) is 20.3. The number of hydrogen-bond donors (Lipinski definition) is 0. The van der Waals surface area contributed by atoms with Crippen LogP contribution in [0.2, 0.25) is 0 Å². The van der Waals surface area contributed by atoms with Gasteiger partial charge in [0.25, 0.3) is 0 Å². The molecule has 1 aromatic heterocycles. The van der Waals surface area contributed by atoms with Crippen LogP contribution in [0.1, 0.15) is 25.0 Å². The Morgan fingerprint density at radius 1 is 1.50 bits per heavy atom. The monoisotopic (exact) mass is 248 g/mol. The Hall–Kier alpha value is -0.905. The van der Waals surface area contributed by atoms with Gasteiger partial charge in [0.15, 0.2) is 0 Å². The number of likely N-dealkylation sites (N-methyl/N-ethyl adjacent to an activating group) is 1. The van der Waals surface area contributed by atoms with Gasteiger partial charge in [-0.05, 0) is 33.0 Å². The van der Waals surface area contributed by atoms with E-state index in [0.717, 1.165) is 18.6 Å². The first-order chi connectivity index (χ1) is 8.74. The average molecular weight is 248 g/mol.